The fourth-order valence-corrected chi connectivity index (χ4v) is 2.07. The summed E-state index contributed by atoms with van der Waals surface area (Å²) in [4.78, 5) is 0. The largest absolute Gasteiger partial charge is 0.330 e. The van der Waals surface area contributed by atoms with Crippen LogP contribution in [0.3, 0.4) is 0 Å². The van der Waals surface area contributed by atoms with Gasteiger partial charge in [0.25, 0.3) is 0 Å². The molecule has 0 atom stereocenters. The SMILES string of the molecule is Cc1ccc(Cl)cc1C1(CN)CC1. The molecule has 1 aliphatic carbocycles. The van der Waals surface area contributed by atoms with E-state index >= 15 is 0 Å². The van der Waals surface area contributed by atoms with E-state index in [9.17, 15) is 0 Å². The third-order valence-electron chi connectivity index (χ3n) is 3.02. The lowest BCUT2D eigenvalue weighted by Crippen LogP contribution is -2.20. The number of hydrogen-bond donors (Lipinski definition) is 1. The number of nitrogens with two attached hydrogens (primary N) is 1. The number of hydrogen-bond acceptors (Lipinski definition) is 1. The van der Waals surface area contributed by atoms with Crippen LogP contribution < -0.4 is 5.73 Å². The zero-order chi connectivity index (χ0) is 9.47. The van der Waals surface area contributed by atoms with E-state index in [1.165, 1.54) is 24.0 Å². The van der Waals surface area contributed by atoms with Crippen molar-refractivity contribution in [1.82, 2.24) is 0 Å². The van der Waals surface area contributed by atoms with Gasteiger partial charge >= 0.3 is 0 Å². The van der Waals surface area contributed by atoms with Gasteiger partial charge in [0, 0.05) is 17.0 Å². The Labute approximate surface area is 83.9 Å². The van der Waals surface area contributed by atoms with Crippen molar-refractivity contribution < 1.29 is 0 Å². The molecule has 1 aromatic rings. The third kappa shape index (κ3) is 1.47. The summed E-state index contributed by atoms with van der Waals surface area (Å²) in [7, 11) is 0. The molecule has 1 aliphatic rings. The summed E-state index contributed by atoms with van der Waals surface area (Å²) in [5, 5.41) is 0.820. The second-order valence-corrected chi connectivity index (χ2v) is 4.38. The number of halogens is 1. The van der Waals surface area contributed by atoms with Crippen LogP contribution in [0.15, 0.2) is 18.2 Å². The van der Waals surface area contributed by atoms with E-state index in [0.29, 0.717) is 0 Å². The highest BCUT2D eigenvalue weighted by molar-refractivity contribution is 6.30. The van der Waals surface area contributed by atoms with E-state index in [2.05, 4.69) is 19.1 Å². The van der Waals surface area contributed by atoms with Gasteiger partial charge in [0.05, 0.1) is 0 Å². The van der Waals surface area contributed by atoms with Gasteiger partial charge in [-0.1, -0.05) is 17.7 Å². The summed E-state index contributed by atoms with van der Waals surface area (Å²) < 4.78 is 0. The van der Waals surface area contributed by atoms with Gasteiger partial charge in [0.2, 0.25) is 0 Å². The molecule has 0 unspecified atom stereocenters. The molecule has 0 bridgehead atoms. The Kier molecular flexibility index (Phi) is 2.09. The predicted molar refractivity (Wildman–Crippen MR) is 56.2 cm³/mol. The molecule has 1 nitrogen and oxygen atoms in total. The highest BCUT2D eigenvalue weighted by atomic mass is 35.5. The molecule has 1 saturated carbocycles. The van der Waals surface area contributed by atoms with Crippen LogP contribution >= 0.6 is 11.6 Å². The minimum Gasteiger partial charge on any atom is -0.330 e. The molecule has 0 aliphatic heterocycles. The first-order valence-corrected chi connectivity index (χ1v) is 5.02. The molecule has 13 heavy (non-hydrogen) atoms. The highest BCUT2D eigenvalue weighted by Crippen LogP contribution is 2.48. The van der Waals surface area contributed by atoms with Crippen molar-refractivity contribution in [3.8, 4) is 0 Å². The summed E-state index contributed by atoms with van der Waals surface area (Å²) in [5.74, 6) is 0. The molecule has 0 spiro atoms. The molecular weight excluding hydrogens is 182 g/mol. The number of benzene rings is 1. The molecule has 0 heterocycles. The van der Waals surface area contributed by atoms with E-state index < -0.39 is 0 Å². The Morgan fingerprint density at radius 2 is 2.15 bits per heavy atom. The van der Waals surface area contributed by atoms with Crippen molar-refractivity contribution in [3.63, 3.8) is 0 Å². The Bertz CT molecular complexity index is 329. The topological polar surface area (TPSA) is 26.0 Å². The molecule has 0 aromatic heterocycles. The van der Waals surface area contributed by atoms with Crippen molar-refractivity contribution in [1.29, 1.82) is 0 Å². The zero-order valence-electron chi connectivity index (χ0n) is 7.81. The van der Waals surface area contributed by atoms with Gasteiger partial charge in [-0.15, -0.1) is 0 Å². The normalized spacial score (nSPS) is 18.7. The zero-order valence-corrected chi connectivity index (χ0v) is 8.56. The van der Waals surface area contributed by atoms with Gasteiger partial charge in [0.15, 0.2) is 0 Å². The lowest BCUT2D eigenvalue weighted by Gasteiger charge is -2.15. The minimum atomic E-state index is 0.259. The first-order chi connectivity index (χ1) is 6.18. The molecule has 2 rings (SSSR count). The fraction of sp³-hybridized carbons (Fsp3) is 0.455. The van der Waals surface area contributed by atoms with E-state index in [-0.39, 0.29) is 5.41 Å². The second kappa shape index (κ2) is 3.00. The Morgan fingerprint density at radius 1 is 1.46 bits per heavy atom. The van der Waals surface area contributed by atoms with Crippen LogP contribution in [0.25, 0.3) is 0 Å². The van der Waals surface area contributed by atoms with Crippen molar-refractivity contribution in [2.24, 2.45) is 5.73 Å². The molecule has 2 heteroatoms. The van der Waals surface area contributed by atoms with Gasteiger partial charge in [-0.05, 0) is 43.0 Å². The highest BCUT2D eigenvalue weighted by Gasteiger charge is 2.43. The van der Waals surface area contributed by atoms with Crippen LogP contribution in [0.2, 0.25) is 5.02 Å². The molecule has 2 N–H and O–H groups in total. The molecule has 70 valence electrons. The maximum atomic E-state index is 5.97. The second-order valence-electron chi connectivity index (χ2n) is 3.94. The lowest BCUT2D eigenvalue weighted by atomic mass is 9.92. The van der Waals surface area contributed by atoms with Crippen LogP contribution in [0.5, 0.6) is 0 Å². The van der Waals surface area contributed by atoms with E-state index in [4.69, 9.17) is 17.3 Å². The fourth-order valence-electron chi connectivity index (χ4n) is 1.90. The molecule has 0 saturated heterocycles. The van der Waals surface area contributed by atoms with Crippen LogP contribution in [0, 0.1) is 6.92 Å². The number of aryl methyl sites for hydroxylation is 1. The summed E-state index contributed by atoms with van der Waals surface area (Å²) in [6, 6.07) is 6.08. The molecule has 1 aromatic carbocycles. The van der Waals surface area contributed by atoms with E-state index in [1.54, 1.807) is 0 Å². The van der Waals surface area contributed by atoms with Gasteiger partial charge in [0.1, 0.15) is 0 Å². The summed E-state index contributed by atoms with van der Waals surface area (Å²) >= 11 is 5.97. The number of rotatable bonds is 2. The van der Waals surface area contributed by atoms with Gasteiger partial charge < -0.3 is 5.73 Å². The maximum Gasteiger partial charge on any atom is 0.0409 e. The lowest BCUT2D eigenvalue weighted by molar-refractivity contribution is 0.699. The first kappa shape index (κ1) is 9.04. The Balaban J connectivity index is 2.44. The van der Waals surface area contributed by atoms with Crippen LogP contribution in [-0.2, 0) is 5.41 Å². The standard InChI is InChI=1S/C11H14ClN/c1-8-2-3-9(12)6-10(8)11(7-13)4-5-11/h2-3,6H,4-5,7,13H2,1H3. The maximum absolute atomic E-state index is 5.97. The Hall–Kier alpha value is -0.530. The van der Waals surface area contributed by atoms with Gasteiger partial charge in [-0.25, -0.2) is 0 Å². The third-order valence-corrected chi connectivity index (χ3v) is 3.25. The molecule has 1 fully saturated rings. The minimum absolute atomic E-state index is 0.259. The molecule has 0 radical (unpaired) electrons. The van der Waals surface area contributed by atoms with Crippen LogP contribution in [-0.4, -0.2) is 6.54 Å². The van der Waals surface area contributed by atoms with Crippen LogP contribution in [0.1, 0.15) is 24.0 Å². The Morgan fingerprint density at radius 3 is 2.69 bits per heavy atom. The molecule has 0 amide bonds. The van der Waals surface area contributed by atoms with Crippen molar-refractivity contribution in [2.45, 2.75) is 25.2 Å². The summed E-state index contributed by atoms with van der Waals surface area (Å²) in [5.41, 5.74) is 8.70. The average molecular weight is 196 g/mol. The van der Waals surface area contributed by atoms with E-state index in [0.717, 1.165) is 11.6 Å². The average Bonchev–Trinajstić information content (AvgIpc) is 2.90. The van der Waals surface area contributed by atoms with Gasteiger partial charge in [-0.3, -0.25) is 0 Å². The van der Waals surface area contributed by atoms with Crippen molar-refractivity contribution >= 4 is 11.6 Å². The summed E-state index contributed by atoms with van der Waals surface area (Å²) in [6.45, 7) is 2.87. The van der Waals surface area contributed by atoms with Gasteiger partial charge in [-0.2, -0.15) is 0 Å². The monoisotopic (exact) mass is 195 g/mol. The van der Waals surface area contributed by atoms with Crippen molar-refractivity contribution in [3.05, 3.63) is 34.3 Å². The predicted octanol–water partition coefficient (Wildman–Crippen LogP) is 2.64. The van der Waals surface area contributed by atoms with Crippen molar-refractivity contribution in [2.75, 3.05) is 6.54 Å². The van der Waals surface area contributed by atoms with E-state index in [1.807, 2.05) is 6.07 Å². The quantitative estimate of drug-likeness (QED) is 0.772. The van der Waals surface area contributed by atoms with Crippen LogP contribution in [0.4, 0.5) is 0 Å². The first-order valence-electron chi connectivity index (χ1n) is 4.65. The smallest absolute Gasteiger partial charge is 0.0409 e. The summed E-state index contributed by atoms with van der Waals surface area (Å²) in [6.07, 6.45) is 2.43. The molecular formula is C11H14ClN.